The Bertz CT molecular complexity index is 1080. The van der Waals surface area contributed by atoms with Gasteiger partial charge in [-0.25, -0.2) is 4.98 Å². The summed E-state index contributed by atoms with van der Waals surface area (Å²) < 4.78 is 3.07. The maximum Gasteiger partial charge on any atom is 0.267 e. The largest absolute Gasteiger partial charge is 0.352 e. The van der Waals surface area contributed by atoms with E-state index in [1.807, 2.05) is 26.8 Å². The number of nitrogens with zero attached hydrogens (tertiary/aromatic N) is 3. The number of amides is 1. The molecule has 3 heterocycles. The van der Waals surface area contributed by atoms with Gasteiger partial charge in [-0.3, -0.25) is 19.4 Å². The maximum absolute atomic E-state index is 12.9. The zero-order valence-electron chi connectivity index (χ0n) is 13.9. The molecule has 0 spiro atoms. The molecule has 0 bridgehead atoms. The molecule has 7 heteroatoms. The van der Waals surface area contributed by atoms with Crippen molar-refractivity contribution in [3.8, 4) is 0 Å². The van der Waals surface area contributed by atoms with Crippen LogP contribution in [0.25, 0.3) is 16.7 Å². The first-order chi connectivity index (χ1) is 11.5. The van der Waals surface area contributed by atoms with E-state index in [4.69, 9.17) is 5.41 Å². The van der Waals surface area contributed by atoms with Crippen LogP contribution in [-0.4, -0.2) is 26.4 Å². The molecule has 0 aromatic carbocycles. The molecule has 124 valence electrons. The molecule has 2 N–H and O–H groups in total. The van der Waals surface area contributed by atoms with Gasteiger partial charge in [0.1, 0.15) is 16.8 Å². The van der Waals surface area contributed by atoms with Gasteiger partial charge in [0.2, 0.25) is 0 Å². The fraction of sp³-hybridized carbons (Fsp3) is 0.294. The van der Waals surface area contributed by atoms with Crippen molar-refractivity contribution in [2.24, 2.45) is 0 Å². The predicted octanol–water partition coefficient (Wildman–Crippen LogP) is 1.21. The summed E-state index contributed by atoms with van der Waals surface area (Å²) in [7, 11) is 0. The number of pyridine rings is 2. The Morgan fingerprint density at radius 2 is 2.08 bits per heavy atom. The van der Waals surface area contributed by atoms with Gasteiger partial charge in [-0.1, -0.05) is 6.07 Å². The highest BCUT2D eigenvalue weighted by Gasteiger charge is 2.16. The van der Waals surface area contributed by atoms with E-state index in [9.17, 15) is 9.59 Å². The van der Waals surface area contributed by atoms with Crippen LogP contribution in [0.4, 0.5) is 0 Å². The van der Waals surface area contributed by atoms with Gasteiger partial charge in [0.25, 0.3) is 11.5 Å². The summed E-state index contributed by atoms with van der Waals surface area (Å²) in [6, 6.07) is 5.14. The van der Waals surface area contributed by atoms with Crippen LogP contribution in [0.15, 0.2) is 29.2 Å². The van der Waals surface area contributed by atoms with E-state index in [0.717, 1.165) is 5.56 Å². The standard InChI is InChI=1S/C17H19N5O2/c1-4-19-16(23)11-9-12-15(21(5-2)13(11)18)20-14-10(3)7-6-8-22(14)17(12)24/h6-9,18H,4-5H2,1-3H3,(H,19,23). The van der Waals surface area contributed by atoms with E-state index in [2.05, 4.69) is 10.3 Å². The quantitative estimate of drug-likeness (QED) is 0.709. The van der Waals surface area contributed by atoms with Gasteiger partial charge in [0, 0.05) is 19.3 Å². The molecule has 1 amide bonds. The van der Waals surface area contributed by atoms with Crippen molar-refractivity contribution in [2.45, 2.75) is 27.3 Å². The molecule has 24 heavy (non-hydrogen) atoms. The highest BCUT2D eigenvalue weighted by molar-refractivity contribution is 5.96. The number of aromatic nitrogens is 3. The predicted molar refractivity (Wildman–Crippen MR) is 91.2 cm³/mol. The molecule has 0 atom stereocenters. The van der Waals surface area contributed by atoms with Crippen molar-refractivity contribution in [1.82, 2.24) is 19.3 Å². The van der Waals surface area contributed by atoms with Crippen LogP contribution in [0.3, 0.4) is 0 Å². The molecule has 7 nitrogen and oxygen atoms in total. The molecule has 0 fully saturated rings. The Kier molecular flexibility index (Phi) is 3.92. The molecule has 3 rings (SSSR count). The van der Waals surface area contributed by atoms with Crippen LogP contribution >= 0.6 is 0 Å². The number of rotatable bonds is 3. The molecule has 0 saturated heterocycles. The topological polar surface area (TPSA) is 92.2 Å². The van der Waals surface area contributed by atoms with Crippen molar-refractivity contribution < 1.29 is 4.79 Å². The minimum atomic E-state index is -0.361. The van der Waals surface area contributed by atoms with Crippen LogP contribution in [0, 0.1) is 12.3 Å². The number of carbonyl (C=O) groups excluding carboxylic acids is 1. The first kappa shape index (κ1) is 15.9. The van der Waals surface area contributed by atoms with Gasteiger partial charge >= 0.3 is 0 Å². The first-order valence-electron chi connectivity index (χ1n) is 7.87. The Hall–Kier alpha value is -2.96. The second-order valence-electron chi connectivity index (χ2n) is 5.55. The van der Waals surface area contributed by atoms with E-state index >= 15 is 0 Å². The van der Waals surface area contributed by atoms with Crippen molar-refractivity contribution in [2.75, 3.05) is 6.54 Å². The van der Waals surface area contributed by atoms with Crippen molar-refractivity contribution in [3.63, 3.8) is 0 Å². The summed E-state index contributed by atoms with van der Waals surface area (Å²) in [5.74, 6) is -0.361. The highest BCUT2D eigenvalue weighted by Crippen LogP contribution is 2.12. The minimum Gasteiger partial charge on any atom is -0.352 e. The Morgan fingerprint density at radius 1 is 1.33 bits per heavy atom. The van der Waals surface area contributed by atoms with Crippen LogP contribution in [0.5, 0.6) is 0 Å². The fourth-order valence-electron chi connectivity index (χ4n) is 2.83. The second-order valence-corrected chi connectivity index (χ2v) is 5.55. The van der Waals surface area contributed by atoms with Gasteiger partial charge in [-0.2, -0.15) is 0 Å². The van der Waals surface area contributed by atoms with Crippen molar-refractivity contribution in [3.05, 3.63) is 51.4 Å². The molecule has 0 aliphatic heterocycles. The van der Waals surface area contributed by atoms with E-state index in [1.165, 1.54) is 10.5 Å². The molecular formula is C17H19N5O2. The molecule has 0 radical (unpaired) electrons. The van der Waals surface area contributed by atoms with E-state index in [0.29, 0.717) is 29.8 Å². The summed E-state index contributed by atoms with van der Waals surface area (Å²) in [4.78, 5) is 29.7. The number of fused-ring (bicyclic) bond motifs is 2. The third kappa shape index (κ3) is 2.29. The van der Waals surface area contributed by atoms with Gasteiger partial charge < -0.3 is 9.88 Å². The summed E-state index contributed by atoms with van der Waals surface area (Å²) in [6.45, 7) is 6.45. The highest BCUT2D eigenvalue weighted by atomic mass is 16.1. The third-order valence-electron chi connectivity index (χ3n) is 4.03. The molecule has 0 aliphatic rings. The monoisotopic (exact) mass is 325 g/mol. The lowest BCUT2D eigenvalue weighted by Gasteiger charge is -2.13. The van der Waals surface area contributed by atoms with Crippen molar-refractivity contribution >= 4 is 22.6 Å². The number of carbonyl (C=O) groups is 1. The van der Waals surface area contributed by atoms with Crippen LogP contribution in [0.2, 0.25) is 0 Å². The summed E-state index contributed by atoms with van der Waals surface area (Å²) in [6.07, 6.45) is 1.66. The average Bonchev–Trinajstić information content (AvgIpc) is 2.56. The molecule has 0 unspecified atom stereocenters. The zero-order chi connectivity index (χ0) is 17.4. The SMILES string of the molecule is CCNC(=O)c1cc2c(=O)n3cccc(C)c3nc2n(CC)c1=N. The smallest absolute Gasteiger partial charge is 0.267 e. The molecule has 3 aromatic rings. The van der Waals surface area contributed by atoms with Gasteiger partial charge in [0.05, 0.1) is 10.9 Å². The van der Waals surface area contributed by atoms with E-state index in [1.54, 1.807) is 16.8 Å². The van der Waals surface area contributed by atoms with Crippen LogP contribution < -0.4 is 16.4 Å². The fourth-order valence-corrected chi connectivity index (χ4v) is 2.83. The van der Waals surface area contributed by atoms with E-state index in [-0.39, 0.29) is 22.5 Å². The number of nitrogens with one attached hydrogen (secondary N) is 2. The summed E-state index contributed by atoms with van der Waals surface area (Å²) in [5, 5.41) is 11.3. The van der Waals surface area contributed by atoms with E-state index < -0.39 is 0 Å². The lowest BCUT2D eigenvalue weighted by Crippen LogP contribution is -2.34. The maximum atomic E-state index is 12.9. The molecule has 0 aliphatic carbocycles. The average molecular weight is 325 g/mol. The number of hydrogen-bond acceptors (Lipinski definition) is 4. The minimum absolute atomic E-state index is 0.0563. The second kappa shape index (κ2) is 5.92. The van der Waals surface area contributed by atoms with Gasteiger partial charge in [-0.05, 0) is 38.5 Å². The summed E-state index contributed by atoms with van der Waals surface area (Å²) in [5.41, 5.74) is 1.85. The first-order valence-corrected chi connectivity index (χ1v) is 7.87. The molecular weight excluding hydrogens is 306 g/mol. The van der Waals surface area contributed by atoms with Gasteiger partial charge in [0.15, 0.2) is 0 Å². The van der Waals surface area contributed by atoms with Gasteiger partial charge in [-0.15, -0.1) is 0 Å². The number of hydrogen-bond donors (Lipinski definition) is 2. The third-order valence-corrected chi connectivity index (χ3v) is 4.03. The Morgan fingerprint density at radius 3 is 2.75 bits per heavy atom. The summed E-state index contributed by atoms with van der Waals surface area (Å²) >= 11 is 0. The molecule has 0 saturated carbocycles. The normalized spacial score (nSPS) is 11.1. The lowest BCUT2D eigenvalue weighted by molar-refractivity contribution is 0.0953. The Balaban J connectivity index is 2.51. The van der Waals surface area contributed by atoms with Crippen LogP contribution in [-0.2, 0) is 6.54 Å². The van der Waals surface area contributed by atoms with Crippen molar-refractivity contribution in [1.29, 1.82) is 5.41 Å². The Labute approximate surface area is 138 Å². The molecule has 3 aromatic heterocycles. The lowest BCUT2D eigenvalue weighted by atomic mass is 10.2. The van der Waals surface area contributed by atoms with Crippen LogP contribution in [0.1, 0.15) is 29.8 Å². The number of aryl methyl sites for hydroxylation is 2. The zero-order valence-corrected chi connectivity index (χ0v) is 13.9.